The van der Waals surface area contributed by atoms with Crippen LogP contribution in [-0.4, -0.2) is 21.7 Å². The fourth-order valence-electron chi connectivity index (χ4n) is 1.95. The Hall–Kier alpha value is -2.47. The predicted molar refractivity (Wildman–Crippen MR) is 72.9 cm³/mol. The molecule has 3 aromatic rings. The van der Waals surface area contributed by atoms with Gasteiger partial charge < -0.3 is 10.7 Å². The van der Waals surface area contributed by atoms with Crippen molar-refractivity contribution in [3.8, 4) is 10.6 Å². The van der Waals surface area contributed by atoms with E-state index >= 15 is 0 Å². The van der Waals surface area contributed by atoms with Crippen LogP contribution in [0.3, 0.4) is 0 Å². The Morgan fingerprint density at radius 2 is 2.16 bits per heavy atom. The van der Waals surface area contributed by atoms with E-state index < -0.39 is 11.7 Å². The number of Topliss-reactive ketones (excluding diaryl/α,β-unsaturated/α-hetero) is 1. The fourth-order valence-corrected chi connectivity index (χ4v) is 2.58. The number of H-pyrrole nitrogens is 1. The van der Waals surface area contributed by atoms with E-state index in [1.54, 1.807) is 12.3 Å². The molecule has 0 spiro atoms. The summed E-state index contributed by atoms with van der Waals surface area (Å²) in [4.78, 5) is 29.8. The first-order valence-electron chi connectivity index (χ1n) is 5.52. The zero-order chi connectivity index (χ0) is 13.4. The summed E-state index contributed by atoms with van der Waals surface area (Å²) >= 11 is 1.54. The molecule has 2 aromatic heterocycles. The number of ketones is 1. The van der Waals surface area contributed by atoms with E-state index in [4.69, 9.17) is 5.73 Å². The van der Waals surface area contributed by atoms with E-state index in [-0.39, 0.29) is 0 Å². The van der Waals surface area contributed by atoms with Gasteiger partial charge in [-0.3, -0.25) is 9.59 Å². The summed E-state index contributed by atoms with van der Waals surface area (Å²) in [5.41, 5.74) is 7.05. The molecule has 0 aliphatic heterocycles. The van der Waals surface area contributed by atoms with E-state index in [0.29, 0.717) is 10.9 Å². The van der Waals surface area contributed by atoms with Gasteiger partial charge in [0.2, 0.25) is 0 Å². The van der Waals surface area contributed by atoms with Crippen molar-refractivity contribution in [3.05, 3.63) is 41.5 Å². The highest BCUT2D eigenvalue weighted by molar-refractivity contribution is 7.13. The second-order valence-electron chi connectivity index (χ2n) is 3.99. The number of thiazole rings is 1. The van der Waals surface area contributed by atoms with Crippen molar-refractivity contribution in [1.82, 2.24) is 9.97 Å². The first-order valence-corrected chi connectivity index (χ1v) is 6.40. The lowest BCUT2D eigenvalue weighted by Gasteiger charge is -1.98. The first-order chi connectivity index (χ1) is 9.16. The Labute approximate surface area is 112 Å². The van der Waals surface area contributed by atoms with Crippen LogP contribution in [0.2, 0.25) is 0 Å². The van der Waals surface area contributed by atoms with Gasteiger partial charge in [-0.25, -0.2) is 4.98 Å². The number of rotatable bonds is 3. The van der Waals surface area contributed by atoms with Gasteiger partial charge in [-0.15, -0.1) is 11.3 Å². The van der Waals surface area contributed by atoms with Crippen LogP contribution in [0.5, 0.6) is 0 Å². The maximum Gasteiger partial charge on any atom is 0.289 e. The van der Waals surface area contributed by atoms with Crippen LogP contribution in [0.25, 0.3) is 21.5 Å². The van der Waals surface area contributed by atoms with Gasteiger partial charge in [0.1, 0.15) is 5.01 Å². The molecule has 5 nitrogen and oxygen atoms in total. The Balaban J connectivity index is 2.12. The SMILES string of the molecule is NC(=O)C(=O)c1c[nH]c2cc(-c3nccs3)ccc12. The molecular weight excluding hydrogens is 262 g/mol. The summed E-state index contributed by atoms with van der Waals surface area (Å²) in [5.74, 6) is -1.64. The van der Waals surface area contributed by atoms with Crippen molar-refractivity contribution in [1.29, 1.82) is 0 Å². The lowest BCUT2D eigenvalue weighted by atomic mass is 10.1. The summed E-state index contributed by atoms with van der Waals surface area (Å²) in [6, 6.07) is 5.55. The second kappa shape index (κ2) is 4.33. The Morgan fingerprint density at radius 3 is 2.84 bits per heavy atom. The molecular formula is C13H9N3O2S. The molecule has 0 radical (unpaired) electrons. The number of amides is 1. The maximum atomic E-state index is 11.6. The molecule has 1 aromatic carbocycles. The number of benzene rings is 1. The smallest absolute Gasteiger partial charge is 0.289 e. The minimum atomic E-state index is -0.954. The third kappa shape index (κ3) is 1.92. The minimum absolute atomic E-state index is 0.299. The molecule has 0 aliphatic rings. The Morgan fingerprint density at radius 1 is 1.32 bits per heavy atom. The number of primary amides is 1. The summed E-state index contributed by atoms with van der Waals surface area (Å²) in [5, 5.41) is 3.49. The van der Waals surface area contributed by atoms with Crippen LogP contribution in [0, 0.1) is 0 Å². The standard InChI is InChI=1S/C13H9N3O2S/c14-12(18)11(17)9-6-16-10-5-7(1-2-8(9)10)13-15-3-4-19-13/h1-6,16H,(H2,14,18). The topological polar surface area (TPSA) is 88.8 Å². The van der Waals surface area contributed by atoms with Crippen molar-refractivity contribution in [2.24, 2.45) is 5.73 Å². The van der Waals surface area contributed by atoms with Gasteiger partial charge in [-0.2, -0.15) is 0 Å². The van der Waals surface area contributed by atoms with Gasteiger partial charge in [-0.1, -0.05) is 12.1 Å². The third-order valence-corrected chi connectivity index (χ3v) is 3.65. The highest BCUT2D eigenvalue weighted by Crippen LogP contribution is 2.27. The fraction of sp³-hybridized carbons (Fsp3) is 0. The number of fused-ring (bicyclic) bond motifs is 1. The van der Waals surface area contributed by atoms with Gasteiger partial charge >= 0.3 is 0 Å². The number of hydrogen-bond donors (Lipinski definition) is 2. The second-order valence-corrected chi connectivity index (χ2v) is 4.89. The number of aromatic nitrogens is 2. The van der Waals surface area contributed by atoms with Crippen molar-refractivity contribution in [2.75, 3.05) is 0 Å². The van der Waals surface area contributed by atoms with Crippen LogP contribution in [0.4, 0.5) is 0 Å². The molecule has 0 saturated heterocycles. The van der Waals surface area contributed by atoms with Crippen LogP contribution < -0.4 is 5.73 Å². The summed E-state index contributed by atoms with van der Waals surface area (Å²) in [6.45, 7) is 0. The van der Waals surface area contributed by atoms with Gasteiger partial charge in [0.25, 0.3) is 11.7 Å². The molecule has 3 rings (SSSR count). The monoisotopic (exact) mass is 271 g/mol. The average molecular weight is 271 g/mol. The lowest BCUT2D eigenvalue weighted by molar-refractivity contribution is -0.114. The van der Waals surface area contributed by atoms with Gasteiger partial charge in [-0.05, 0) is 6.07 Å². The number of nitrogens with one attached hydrogen (secondary N) is 1. The highest BCUT2D eigenvalue weighted by atomic mass is 32.1. The summed E-state index contributed by atoms with van der Waals surface area (Å²) in [7, 11) is 0. The van der Waals surface area contributed by atoms with Crippen molar-refractivity contribution in [3.63, 3.8) is 0 Å². The van der Waals surface area contributed by atoms with Gasteiger partial charge in [0, 0.05) is 34.2 Å². The molecule has 94 valence electrons. The van der Waals surface area contributed by atoms with E-state index in [0.717, 1.165) is 16.1 Å². The molecule has 0 aliphatic carbocycles. The molecule has 0 bridgehead atoms. The van der Waals surface area contributed by atoms with E-state index in [9.17, 15) is 9.59 Å². The van der Waals surface area contributed by atoms with E-state index in [1.165, 1.54) is 17.5 Å². The molecule has 0 saturated carbocycles. The first kappa shape index (κ1) is 11.6. The van der Waals surface area contributed by atoms with E-state index in [2.05, 4.69) is 9.97 Å². The summed E-state index contributed by atoms with van der Waals surface area (Å²) < 4.78 is 0. The molecule has 1 amide bonds. The molecule has 0 atom stereocenters. The zero-order valence-corrected chi connectivity index (χ0v) is 10.5. The molecule has 6 heteroatoms. The van der Waals surface area contributed by atoms with Crippen molar-refractivity contribution in [2.45, 2.75) is 0 Å². The van der Waals surface area contributed by atoms with Crippen molar-refractivity contribution < 1.29 is 9.59 Å². The maximum absolute atomic E-state index is 11.6. The number of hydrogen-bond acceptors (Lipinski definition) is 4. The van der Waals surface area contributed by atoms with Crippen LogP contribution in [-0.2, 0) is 4.79 Å². The number of carbonyl (C=O) groups excluding carboxylic acids is 2. The number of nitrogens with two attached hydrogens (primary N) is 1. The summed E-state index contributed by atoms with van der Waals surface area (Å²) in [6.07, 6.45) is 3.24. The van der Waals surface area contributed by atoms with Crippen LogP contribution in [0.15, 0.2) is 36.0 Å². The normalized spacial score (nSPS) is 10.7. The molecule has 3 N–H and O–H groups in total. The molecule has 0 unspecified atom stereocenters. The Bertz CT molecular complexity index is 774. The zero-order valence-electron chi connectivity index (χ0n) is 9.71. The van der Waals surface area contributed by atoms with Crippen LogP contribution in [0.1, 0.15) is 10.4 Å². The third-order valence-electron chi connectivity index (χ3n) is 2.83. The highest BCUT2D eigenvalue weighted by Gasteiger charge is 2.17. The molecule has 0 fully saturated rings. The van der Waals surface area contributed by atoms with Crippen molar-refractivity contribution >= 4 is 33.9 Å². The minimum Gasteiger partial charge on any atom is -0.363 e. The lowest BCUT2D eigenvalue weighted by Crippen LogP contribution is -2.22. The average Bonchev–Trinajstić information content (AvgIpc) is 3.06. The van der Waals surface area contributed by atoms with Gasteiger partial charge in [0.15, 0.2) is 0 Å². The molecule has 2 heterocycles. The number of nitrogens with zero attached hydrogens (tertiary/aromatic N) is 1. The van der Waals surface area contributed by atoms with E-state index in [1.807, 2.05) is 17.5 Å². The van der Waals surface area contributed by atoms with Gasteiger partial charge in [0.05, 0.1) is 5.56 Å². The quantitative estimate of drug-likeness (QED) is 0.563. The largest absolute Gasteiger partial charge is 0.363 e. The number of carbonyl (C=O) groups is 2. The predicted octanol–water partition coefficient (Wildman–Crippen LogP) is 1.96. The number of aromatic amines is 1. The van der Waals surface area contributed by atoms with Crippen LogP contribution >= 0.6 is 11.3 Å². The molecule has 19 heavy (non-hydrogen) atoms. The Kier molecular flexibility index (Phi) is 2.64.